The Morgan fingerprint density at radius 3 is 2.49 bits per heavy atom. The van der Waals surface area contributed by atoms with Crippen LogP contribution in [-0.4, -0.2) is 38.9 Å². The van der Waals surface area contributed by atoms with Gasteiger partial charge in [0.1, 0.15) is 0 Å². The Labute approximate surface area is 236 Å². The molecule has 1 saturated carbocycles. The zero-order chi connectivity index (χ0) is 27.9. The molecule has 1 unspecified atom stereocenters. The van der Waals surface area contributed by atoms with E-state index in [2.05, 4.69) is 43.3 Å². The SMILES string of the molecule is CCCOc1nc(C2CC2)c(CNC(=O)C(CS)CC(C)C)n1Cc1ccc(-c2ccccc2C(=O)O)cc1. The third-order valence-electron chi connectivity index (χ3n) is 7.01. The Kier molecular flexibility index (Phi) is 9.73. The maximum atomic E-state index is 13.0. The molecule has 4 rings (SSSR count). The zero-order valence-corrected chi connectivity index (χ0v) is 23.9. The molecule has 1 aliphatic rings. The van der Waals surface area contributed by atoms with Crippen molar-refractivity contribution in [3.8, 4) is 17.1 Å². The van der Waals surface area contributed by atoms with Crippen molar-refractivity contribution in [3.63, 3.8) is 0 Å². The summed E-state index contributed by atoms with van der Waals surface area (Å²) in [4.78, 5) is 29.6. The molecule has 1 fully saturated rings. The molecule has 0 bridgehead atoms. The van der Waals surface area contributed by atoms with Gasteiger partial charge in [0.15, 0.2) is 0 Å². The number of carboxylic acid groups (broad SMARTS) is 1. The third kappa shape index (κ3) is 7.24. The number of thiol groups is 1. The molecule has 2 N–H and O–H groups in total. The smallest absolute Gasteiger partial charge is 0.336 e. The summed E-state index contributed by atoms with van der Waals surface area (Å²) in [5, 5.41) is 12.7. The Bertz CT molecular complexity index is 1280. The van der Waals surface area contributed by atoms with E-state index in [4.69, 9.17) is 9.72 Å². The fraction of sp³-hybridized carbons (Fsp3) is 0.452. The number of amides is 1. The minimum absolute atomic E-state index is 0.0191. The van der Waals surface area contributed by atoms with Gasteiger partial charge in [-0.3, -0.25) is 9.36 Å². The molecule has 0 spiro atoms. The van der Waals surface area contributed by atoms with Crippen molar-refractivity contribution in [3.05, 3.63) is 71.0 Å². The molecule has 208 valence electrons. The van der Waals surface area contributed by atoms with Gasteiger partial charge in [0.25, 0.3) is 6.01 Å². The van der Waals surface area contributed by atoms with Crippen LogP contribution >= 0.6 is 12.6 Å². The van der Waals surface area contributed by atoms with Gasteiger partial charge in [-0.25, -0.2) is 4.79 Å². The molecule has 7 nitrogen and oxygen atoms in total. The van der Waals surface area contributed by atoms with E-state index >= 15 is 0 Å². The summed E-state index contributed by atoms with van der Waals surface area (Å²) in [5.41, 5.74) is 4.84. The highest BCUT2D eigenvalue weighted by Crippen LogP contribution is 2.42. The van der Waals surface area contributed by atoms with Crippen LogP contribution in [0.5, 0.6) is 6.01 Å². The fourth-order valence-corrected chi connectivity index (χ4v) is 5.18. The summed E-state index contributed by atoms with van der Waals surface area (Å²) in [7, 11) is 0. The summed E-state index contributed by atoms with van der Waals surface area (Å²) < 4.78 is 8.17. The largest absolute Gasteiger partial charge is 0.478 e. The number of aromatic nitrogens is 2. The molecule has 1 aliphatic carbocycles. The molecule has 1 heterocycles. The number of rotatable bonds is 14. The van der Waals surface area contributed by atoms with Crippen LogP contribution in [0.4, 0.5) is 0 Å². The molecule has 8 heteroatoms. The zero-order valence-electron chi connectivity index (χ0n) is 23.0. The second-order valence-corrected chi connectivity index (χ2v) is 11.1. The topological polar surface area (TPSA) is 93.5 Å². The molecule has 2 aromatic carbocycles. The minimum Gasteiger partial charge on any atom is -0.478 e. The Morgan fingerprint density at radius 1 is 1.15 bits per heavy atom. The molecule has 1 atom stereocenters. The van der Waals surface area contributed by atoms with Crippen LogP contribution in [0.2, 0.25) is 0 Å². The summed E-state index contributed by atoms with van der Waals surface area (Å²) in [5.74, 6) is 0.268. The van der Waals surface area contributed by atoms with E-state index in [1.54, 1.807) is 12.1 Å². The molecule has 3 aromatic rings. The van der Waals surface area contributed by atoms with Crippen LogP contribution in [0.15, 0.2) is 48.5 Å². The van der Waals surface area contributed by atoms with Crippen molar-refractivity contribution in [1.82, 2.24) is 14.9 Å². The van der Waals surface area contributed by atoms with Crippen molar-refractivity contribution in [2.24, 2.45) is 11.8 Å². The van der Waals surface area contributed by atoms with E-state index in [1.165, 1.54) is 0 Å². The van der Waals surface area contributed by atoms with E-state index in [9.17, 15) is 14.7 Å². The minimum atomic E-state index is -0.946. The molecule has 0 radical (unpaired) electrons. The molecule has 39 heavy (non-hydrogen) atoms. The number of nitrogens with zero attached hydrogens (tertiary/aromatic N) is 2. The van der Waals surface area contributed by atoms with Crippen LogP contribution in [0.3, 0.4) is 0 Å². The maximum absolute atomic E-state index is 13.0. The quantitative estimate of drug-likeness (QED) is 0.209. The first-order chi connectivity index (χ1) is 18.8. The average molecular weight is 550 g/mol. The standard InChI is InChI=1S/C31H39N3O4S/c1-4-15-38-31-33-28(23-13-14-23)27(17-32-29(35)24(19-39)16-20(2)3)34(31)18-21-9-11-22(12-10-21)25-7-5-6-8-26(25)30(36)37/h5-12,20,23-24,39H,4,13-19H2,1-3H3,(H,32,35)(H,36,37). The number of hydrogen-bond acceptors (Lipinski definition) is 5. The lowest BCUT2D eigenvalue weighted by Crippen LogP contribution is -2.33. The van der Waals surface area contributed by atoms with E-state index in [1.807, 2.05) is 36.4 Å². The molecule has 1 amide bonds. The highest BCUT2D eigenvalue weighted by molar-refractivity contribution is 7.80. The van der Waals surface area contributed by atoms with E-state index < -0.39 is 5.97 Å². The monoisotopic (exact) mass is 549 g/mol. The van der Waals surface area contributed by atoms with E-state index in [-0.39, 0.29) is 17.4 Å². The van der Waals surface area contributed by atoms with Crippen molar-refractivity contribution in [1.29, 1.82) is 0 Å². The van der Waals surface area contributed by atoms with Gasteiger partial charge in [-0.05, 0) is 54.4 Å². The maximum Gasteiger partial charge on any atom is 0.336 e. The van der Waals surface area contributed by atoms with Crippen LogP contribution in [0, 0.1) is 11.8 Å². The normalized spacial score (nSPS) is 13.9. The van der Waals surface area contributed by atoms with E-state index in [0.29, 0.717) is 48.9 Å². The van der Waals surface area contributed by atoms with Crippen LogP contribution in [-0.2, 0) is 17.9 Å². The number of aromatic carboxylic acids is 1. The predicted octanol–water partition coefficient (Wildman–Crippen LogP) is 6.17. The van der Waals surface area contributed by atoms with Crippen LogP contribution in [0.25, 0.3) is 11.1 Å². The van der Waals surface area contributed by atoms with E-state index in [0.717, 1.165) is 48.2 Å². The van der Waals surface area contributed by atoms with Gasteiger partial charge in [0.2, 0.25) is 5.91 Å². The van der Waals surface area contributed by atoms with Crippen LogP contribution < -0.4 is 10.1 Å². The van der Waals surface area contributed by atoms with Crippen molar-refractivity contribution in [2.45, 2.75) is 65.5 Å². The van der Waals surface area contributed by atoms with Crippen molar-refractivity contribution >= 4 is 24.5 Å². The molecular weight excluding hydrogens is 510 g/mol. The predicted molar refractivity (Wildman–Crippen MR) is 157 cm³/mol. The highest BCUT2D eigenvalue weighted by Gasteiger charge is 2.32. The molecule has 0 aliphatic heterocycles. The number of ether oxygens (including phenoxy) is 1. The molecule has 0 saturated heterocycles. The summed E-state index contributed by atoms with van der Waals surface area (Å²) in [6, 6.07) is 15.5. The number of carbonyl (C=O) groups is 2. The Balaban J connectivity index is 1.61. The van der Waals surface area contributed by atoms with Gasteiger partial charge in [-0.15, -0.1) is 0 Å². The van der Waals surface area contributed by atoms with Gasteiger partial charge in [-0.1, -0.05) is 63.2 Å². The summed E-state index contributed by atoms with van der Waals surface area (Å²) in [6.45, 7) is 7.79. The number of carbonyl (C=O) groups excluding carboxylic acids is 1. The first kappa shape index (κ1) is 28.7. The summed E-state index contributed by atoms with van der Waals surface area (Å²) in [6.07, 6.45) is 3.85. The Morgan fingerprint density at radius 2 is 1.87 bits per heavy atom. The summed E-state index contributed by atoms with van der Waals surface area (Å²) >= 11 is 4.42. The average Bonchev–Trinajstić information content (AvgIpc) is 3.72. The second-order valence-electron chi connectivity index (χ2n) is 10.7. The third-order valence-corrected chi connectivity index (χ3v) is 7.45. The fourth-order valence-electron chi connectivity index (χ4n) is 4.86. The number of nitrogens with one attached hydrogen (secondary N) is 1. The van der Waals surface area contributed by atoms with Crippen molar-refractivity contribution in [2.75, 3.05) is 12.4 Å². The van der Waals surface area contributed by atoms with Gasteiger partial charge in [-0.2, -0.15) is 17.6 Å². The number of carboxylic acids is 1. The number of hydrogen-bond donors (Lipinski definition) is 3. The van der Waals surface area contributed by atoms with Gasteiger partial charge >= 0.3 is 5.97 Å². The number of imidazole rings is 1. The van der Waals surface area contributed by atoms with Gasteiger partial charge in [0, 0.05) is 17.6 Å². The first-order valence-corrected chi connectivity index (χ1v) is 14.5. The van der Waals surface area contributed by atoms with Crippen molar-refractivity contribution < 1.29 is 19.4 Å². The first-order valence-electron chi connectivity index (χ1n) is 13.8. The lowest BCUT2D eigenvalue weighted by atomic mass is 9.98. The Hall–Kier alpha value is -3.26. The molecular formula is C31H39N3O4S. The lowest BCUT2D eigenvalue weighted by molar-refractivity contribution is -0.125. The highest BCUT2D eigenvalue weighted by atomic mass is 32.1. The number of benzene rings is 2. The second kappa shape index (κ2) is 13.2. The lowest BCUT2D eigenvalue weighted by Gasteiger charge is -2.18. The molecule has 1 aromatic heterocycles. The van der Waals surface area contributed by atoms with Crippen LogP contribution in [0.1, 0.15) is 79.7 Å². The van der Waals surface area contributed by atoms with Gasteiger partial charge < -0.3 is 15.2 Å². The van der Waals surface area contributed by atoms with Gasteiger partial charge in [0.05, 0.1) is 36.6 Å².